The van der Waals surface area contributed by atoms with Crippen molar-refractivity contribution in [3.63, 3.8) is 0 Å². The minimum absolute atomic E-state index is 0.0133. The zero-order chi connectivity index (χ0) is 22.8. The monoisotopic (exact) mass is 442 g/mol. The summed E-state index contributed by atoms with van der Waals surface area (Å²) in [4.78, 5) is 16.8. The zero-order valence-electron chi connectivity index (χ0n) is 18.6. The summed E-state index contributed by atoms with van der Waals surface area (Å²) in [5, 5.41) is 8.58. The molecule has 0 bridgehead atoms. The molecule has 1 aliphatic rings. The van der Waals surface area contributed by atoms with Gasteiger partial charge in [-0.15, -0.1) is 0 Å². The first-order valence-electron chi connectivity index (χ1n) is 10.8. The van der Waals surface area contributed by atoms with E-state index in [0.717, 1.165) is 36.7 Å². The van der Waals surface area contributed by atoms with Crippen LogP contribution >= 0.6 is 0 Å². The van der Waals surface area contributed by atoms with E-state index >= 15 is 0 Å². The van der Waals surface area contributed by atoms with Gasteiger partial charge in [0.1, 0.15) is 12.2 Å². The van der Waals surface area contributed by atoms with Crippen molar-refractivity contribution in [1.82, 2.24) is 29.4 Å². The average Bonchev–Trinajstić information content (AvgIpc) is 3.29. The van der Waals surface area contributed by atoms with Gasteiger partial charge in [0.25, 0.3) is 6.43 Å². The maximum Gasteiger partial charge on any atom is 0.282 e. The van der Waals surface area contributed by atoms with Crippen LogP contribution in [0, 0.1) is 20.8 Å². The highest BCUT2D eigenvalue weighted by molar-refractivity contribution is 5.76. The van der Waals surface area contributed by atoms with Crippen molar-refractivity contribution < 1.29 is 13.6 Å². The standard InChI is InChI=1S/C23H28F2N6O/c1-16-13-21(23(24)25)27-30(16)15-22(32)29-11-9-28(10-12-29)14-20-17(2)26-31(18(20)3)19-7-5-4-6-8-19/h4-8,13,23H,9-12,14-15H2,1-3H3. The lowest BCUT2D eigenvalue weighted by atomic mass is 10.1. The fraction of sp³-hybridized carbons (Fsp3) is 0.435. The first kappa shape index (κ1) is 22.1. The molecule has 32 heavy (non-hydrogen) atoms. The van der Waals surface area contributed by atoms with Gasteiger partial charge in [-0.1, -0.05) is 18.2 Å². The van der Waals surface area contributed by atoms with Crippen LogP contribution in [0.4, 0.5) is 8.78 Å². The molecule has 0 radical (unpaired) electrons. The van der Waals surface area contributed by atoms with E-state index < -0.39 is 6.43 Å². The molecule has 0 atom stereocenters. The van der Waals surface area contributed by atoms with E-state index in [1.807, 2.05) is 41.9 Å². The quantitative estimate of drug-likeness (QED) is 0.588. The lowest BCUT2D eigenvalue weighted by Crippen LogP contribution is -2.49. The Bertz CT molecular complexity index is 1080. The zero-order valence-corrected chi connectivity index (χ0v) is 18.6. The van der Waals surface area contributed by atoms with Crippen LogP contribution in [0.15, 0.2) is 36.4 Å². The number of carbonyl (C=O) groups is 1. The molecule has 0 spiro atoms. The molecule has 1 fully saturated rings. The van der Waals surface area contributed by atoms with Gasteiger partial charge in [-0.05, 0) is 39.0 Å². The van der Waals surface area contributed by atoms with Crippen LogP contribution in [-0.2, 0) is 17.9 Å². The highest BCUT2D eigenvalue weighted by Gasteiger charge is 2.24. The highest BCUT2D eigenvalue weighted by atomic mass is 19.3. The number of halogens is 2. The minimum Gasteiger partial charge on any atom is -0.339 e. The Hall–Kier alpha value is -3.07. The van der Waals surface area contributed by atoms with Crippen molar-refractivity contribution in [2.75, 3.05) is 26.2 Å². The molecule has 1 aliphatic heterocycles. The Balaban J connectivity index is 1.35. The van der Waals surface area contributed by atoms with Crippen LogP contribution in [0.25, 0.3) is 5.69 Å². The van der Waals surface area contributed by atoms with Crippen molar-refractivity contribution in [2.45, 2.75) is 40.3 Å². The molecule has 2 aromatic heterocycles. The molecule has 7 nitrogen and oxygen atoms in total. The maximum atomic E-state index is 12.8. The molecule has 1 saturated heterocycles. The third-order valence-electron chi connectivity index (χ3n) is 6.06. The van der Waals surface area contributed by atoms with Crippen LogP contribution in [0.3, 0.4) is 0 Å². The summed E-state index contributed by atoms with van der Waals surface area (Å²) in [5.41, 5.74) is 4.65. The van der Waals surface area contributed by atoms with E-state index in [-0.39, 0.29) is 18.1 Å². The number of aryl methyl sites for hydroxylation is 2. The summed E-state index contributed by atoms with van der Waals surface area (Å²) in [5.74, 6) is -0.0964. The number of alkyl halides is 2. The van der Waals surface area contributed by atoms with Gasteiger partial charge >= 0.3 is 0 Å². The first-order valence-corrected chi connectivity index (χ1v) is 10.8. The Morgan fingerprint density at radius 1 is 1.03 bits per heavy atom. The lowest BCUT2D eigenvalue weighted by molar-refractivity contribution is -0.133. The molecule has 1 aromatic carbocycles. The molecular formula is C23H28F2N6O. The summed E-state index contributed by atoms with van der Waals surface area (Å²) in [7, 11) is 0. The fourth-order valence-electron chi connectivity index (χ4n) is 4.13. The van der Waals surface area contributed by atoms with Crippen LogP contribution in [0.5, 0.6) is 0 Å². The number of carbonyl (C=O) groups excluding carboxylic acids is 1. The Kier molecular flexibility index (Phi) is 6.36. The number of amides is 1. The summed E-state index contributed by atoms with van der Waals surface area (Å²) >= 11 is 0. The maximum absolute atomic E-state index is 12.8. The predicted molar refractivity (Wildman–Crippen MR) is 117 cm³/mol. The Morgan fingerprint density at radius 3 is 2.34 bits per heavy atom. The van der Waals surface area contributed by atoms with Crippen molar-refractivity contribution >= 4 is 5.91 Å². The van der Waals surface area contributed by atoms with Crippen molar-refractivity contribution in [1.29, 1.82) is 0 Å². The van der Waals surface area contributed by atoms with E-state index in [9.17, 15) is 13.6 Å². The molecule has 170 valence electrons. The molecule has 3 heterocycles. The topological polar surface area (TPSA) is 59.2 Å². The first-order chi connectivity index (χ1) is 15.3. The van der Waals surface area contributed by atoms with Gasteiger partial charge < -0.3 is 4.90 Å². The molecule has 0 unspecified atom stereocenters. The summed E-state index contributed by atoms with van der Waals surface area (Å²) in [6.07, 6.45) is -2.63. The van der Waals surface area contributed by atoms with Gasteiger partial charge in [0, 0.05) is 49.7 Å². The number of hydrogen-bond acceptors (Lipinski definition) is 4. The molecule has 0 N–H and O–H groups in total. The molecule has 0 aliphatic carbocycles. The lowest BCUT2D eigenvalue weighted by Gasteiger charge is -2.34. The second-order valence-corrected chi connectivity index (χ2v) is 8.22. The molecule has 1 amide bonds. The van der Waals surface area contributed by atoms with Gasteiger partial charge in [-0.3, -0.25) is 14.4 Å². The largest absolute Gasteiger partial charge is 0.339 e. The van der Waals surface area contributed by atoms with E-state index in [2.05, 4.69) is 16.9 Å². The number of rotatable bonds is 6. The molecule has 4 rings (SSSR count). The Labute approximate surface area is 186 Å². The van der Waals surface area contributed by atoms with E-state index in [0.29, 0.717) is 18.8 Å². The van der Waals surface area contributed by atoms with Gasteiger partial charge in [0.2, 0.25) is 5.91 Å². The van der Waals surface area contributed by atoms with Crippen molar-refractivity contribution in [3.05, 3.63) is 64.7 Å². The van der Waals surface area contributed by atoms with Crippen LogP contribution in [0.2, 0.25) is 0 Å². The number of piperazine rings is 1. The van der Waals surface area contributed by atoms with Gasteiger partial charge in [0.15, 0.2) is 0 Å². The molecular weight excluding hydrogens is 414 g/mol. The van der Waals surface area contributed by atoms with Crippen molar-refractivity contribution in [2.24, 2.45) is 0 Å². The summed E-state index contributed by atoms with van der Waals surface area (Å²) < 4.78 is 29.0. The number of nitrogens with zero attached hydrogens (tertiary/aromatic N) is 6. The molecule has 3 aromatic rings. The second-order valence-electron chi connectivity index (χ2n) is 8.22. The van der Waals surface area contributed by atoms with Crippen LogP contribution in [-0.4, -0.2) is 61.4 Å². The number of para-hydroxylation sites is 1. The molecule has 9 heteroatoms. The number of benzene rings is 1. The van der Waals surface area contributed by atoms with Crippen molar-refractivity contribution in [3.8, 4) is 5.69 Å². The average molecular weight is 443 g/mol. The smallest absolute Gasteiger partial charge is 0.282 e. The fourth-order valence-corrected chi connectivity index (χ4v) is 4.13. The second kappa shape index (κ2) is 9.20. The van der Waals surface area contributed by atoms with E-state index in [4.69, 9.17) is 5.10 Å². The minimum atomic E-state index is -2.63. The van der Waals surface area contributed by atoms with E-state index in [1.54, 1.807) is 11.8 Å². The summed E-state index contributed by atoms with van der Waals surface area (Å²) in [6.45, 7) is 9.28. The number of aromatic nitrogens is 4. The highest BCUT2D eigenvalue weighted by Crippen LogP contribution is 2.21. The third-order valence-corrected chi connectivity index (χ3v) is 6.06. The molecule has 0 saturated carbocycles. The van der Waals surface area contributed by atoms with Gasteiger partial charge in [-0.2, -0.15) is 10.2 Å². The van der Waals surface area contributed by atoms with Gasteiger partial charge in [0.05, 0.1) is 11.4 Å². The number of hydrogen-bond donors (Lipinski definition) is 0. The Morgan fingerprint density at radius 2 is 1.72 bits per heavy atom. The predicted octanol–water partition coefficient (Wildman–Crippen LogP) is 3.28. The third kappa shape index (κ3) is 4.57. The normalized spacial score (nSPS) is 15.0. The van der Waals surface area contributed by atoms with Crippen LogP contribution in [0.1, 0.15) is 34.8 Å². The summed E-state index contributed by atoms with van der Waals surface area (Å²) in [6, 6.07) is 11.4. The van der Waals surface area contributed by atoms with Crippen LogP contribution < -0.4 is 0 Å². The van der Waals surface area contributed by atoms with E-state index in [1.165, 1.54) is 16.3 Å². The SMILES string of the molecule is Cc1nn(-c2ccccc2)c(C)c1CN1CCN(C(=O)Cn2nc(C(F)F)cc2C)CC1. The van der Waals surface area contributed by atoms with Gasteiger partial charge in [-0.25, -0.2) is 13.5 Å².